The van der Waals surface area contributed by atoms with Crippen molar-refractivity contribution in [2.75, 3.05) is 13.1 Å². The van der Waals surface area contributed by atoms with Gasteiger partial charge in [0.15, 0.2) is 0 Å². The Kier molecular flexibility index (Phi) is 8.95. The number of unbranched alkanes of at least 4 members (excludes halogenated alkanes) is 1. The van der Waals surface area contributed by atoms with Gasteiger partial charge in [-0.25, -0.2) is 0 Å². The van der Waals surface area contributed by atoms with Gasteiger partial charge >= 0.3 is 5.97 Å². The maximum Gasteiger partial charge on any atom is 0.321 e. The first-order chi connectivity index (χ1) is 8.88. The molecule has 1 atom stereocenters. The lowest BCUT2D eigenvalue weighted by molar-refractivity contribution is -0.139. The fraction of sp³-hybridized carbons (Fsp3) is 0.917. The van der Waals surface area contributed by atoms with Crippen LogP contribution in [-0.4, -0.2) is 42.9 Å². The Labute approximate surface area is 116 Å². The molecule has 114 valence electrons. The predicted molar refractivity (Wildman–Crippen MR) is 75.2 cm³/mol. The van der Waals surface area contributed by atoms with E-state index in [1.165, 1.54) is 4.31 Å². The molecular weight excluding hydrogens is 268 g/mol. The van der Waals surface area contributed by atoms with Gasteiger partial charge in [-0.2, -0.15) is 17.4 Å². The first-order valence-electron chi connectivity index (χ1n) is 6.89. The summed E-state index contributed by atoms with van der Waals surface area (Å²) in [6.45, 7) is 6.54. The minimum Gasteiger partial charge on any atom is -0.480 e. The van der Waals surface area contributed by atoms with E-state index in [4.69, 9.17) is 5.11 Å². The summed E-state index contributed by atoms with van der Waals surface area (Å²) in [6.07, 6.45) is 3.23. The molecule has 0 bridgehead atoms. The quantitative estimate of drug-likeness (QED) is 0.606. The van der Waals surface area contributed by atoms with Crippen molar-refractivity contribution in [2.24, 2.45) is 0 Å². The van der Waals surface area contributed by atoms with Crippen LogP contribution < -0.4 is 4.72 Å². The van der Waals surface area contributed by atoms with E-state index in [9.17, 15) is 13.2 Å². The molecule has 0 aromatic heterocycles. The van der Waals surface area contributed by atoms with Crippen molar-refractivity contribution in [3.8, 4) is 0 Å². The van der Waals surface area contributed by atoms with E-state index in [-0.39, 0.29) is 0 Å². The highest BCUT2D eigenvalue weighted by Crippen LogP contribution is 2.07. The number of rotatable bonds is 11. The monoisotopic (exact) mass is 294 g/mol. The number of nitrogens with zero attached hydrogens (tertiary/aromatic N) is 1. The van der Waals surface area contributed by atoms with Gasteiger partial charge in [-0.05, 0) is 19.3 Å². The smallest absolute Gasteiger partial charge is 0.321 e. The average Bonchev–Trinajstić information content (AvgIpc) is 2.33. The molecule has 0 saturated carbocycles. The van der Waals surface area contributed by atoms with Crippen molar-refractivity contribution in [1.82, 2.24) is 9.03 Å². The molecular formula is C12H26N2O4S. The second kappa shape index (κ2) is 9.28. The van der Waals surface area contributed by atoms with Gasteiger partial charge in [0, 0.05) is 13.1 Å². The van der Waals surface area contributed by atoms with Gasteiger partial charge in [-0.15, -0.1) is 0 Å². The summed E-state index contributed by atoms with van der Waals surface area (Å²) in [6, 6.07) is -1.04. The highest BCUT2D eigenvalue weighted by atomic mass is 32.2. The number of carboxylic acid groups (broad SMARTS) is 1. The third-order valence-electron chi connectivity index (χ3n) is 2.72. The number of hydrogen-bond acceptors (Lipinski definition) is 3. The van der Waals surface area contributed by atoms with Crippen LogP contribution in [0, 0.1) is 0 Å². The molecule has 0 aliphatic heterocycles. The van der Waals surface area contributed by atoms with E-state index < -0.39 is 22.2 Å². The van der Waals surface area contributed by atoms with Gasteiger partial charge in [-0.1, -0.05) is 33.6 Å². The molecule has 0 amide bonds. The summed E-state index contributed by atoms with van der Waals surface area (Å²) < 4.78 is 27.9. The largest absolute Gasteiger partial charge is 0.480 e. The standard InChI is InChI=1S/C12H26N2O4S/c1-4-7-8-11(12(15)16)13-19(17,18)14(9-5-2)10-6-3/h11,13H,4-10H2,1-3H3,(H,15,16). The van der Waals surface area contributed by atoms with Crippen molar-refractivity contribution in [2.45, 2.75) is 58.9 Å². The Balaban J connectivity index is 4.80. The molecule has 0 heterocycles. The minimum atomic E-state index is -3.72. The first-order valence-corrected chi connectivity index (χ1v) is 8.33. The van der Waals surface area contributed by atoms with Crippen LogP contribution in [0.2, 0.25) is 0 Å². The molecule has 7 heteroatoms. The third kappa shape index (κ3) is 6.89. The summed E-state index contributed by atoms with van der Waals surface area (Å²) in [4.78, 5) is 11.1. The van der Waals surface area contributed by atoms with E-state index in [0.29, 0.717) is 38.8 Å². The second-order valence-electron chi connectivity index (χ2n) is 4.55. The number of carboxylic acids is 1. The second-order valence-corrected chi connectivity index (χ2v) is 6.26. The molecule has 0 aromatic rings. The van der Waals surface area contributed by atoms with E-state index in [1.807, 2.05) is 20.8 Å². The molecule has 6 nitrogen and oxygen atoms in total. The summed E-state index contributed by atoms with van der Waals surface area (Å²) in [7, 11) is -3.72. The fourth-order valence-electron chi connectivity index (χ4n) is 1.75. The Morgan fingerprint density at radius 1 is 1.16 bits per heavy atom. The Bertz CT molecular complexity index is 351. The molecule has 0 spiro atoms. The van der Waals surface area contributed by atoms with Crippen LogP contribution in [0.4, 0.5) is 0 Å². The van der Waals surface area contributed by atoms with Crippen molar-refractivity contribution in [3.63, 3.8) is 0 Å². The third-order valence-corrected chi connectivity index (χ3v) is 4.35. The highest BCUT2D eigenvalue weighted by molar-refractivity contribution is 7.87. The molecule has 0 rings (SSSR count). The zero-order chi connectivity index (χ0) is 14.9. The lowest BCUT2D eigenvalue weighted by atomic mass is 10.1. The number of aliphatic carboxylic acids is 1. The molecule has 19 heavy (non-hydrogen) atoms. The normalized spacial score (nSPS) is 13.7. The summed E-state index contributed by atoms with van der Waals surface area (Å²) in [5, 5.41) is 9.06. The zero-order valence-corrected chi connectivity index (χ0v) is 12.9. The summed E-state index contributed by atoms with van der Waals surface area (Å²) in [5.41, 5.74) is 0. The highest BCUT2D eigenvalue weighted by Gasteiger charge is 2.27. The van der Waals surface area contributed by atoms with Crippen LogP contribution in [0.3, 0.4) is 0 Å². The minimum absolute atomic E-state index is 0.317. The molecule has 0 saturated heterocycles. The zero-order valence-electron chi connectivity index (χ0n) is 12.1. The van der Waals surface area contributed by atoms with E-state index in [1.54, 1.807) is 0 Å². The van der Waals surface area contributed by atoms with E-state index in [2.05, 4.69) is 4.72 Å². The van der Waals surface area contributed by atoms with Crippen molar-refractivity contribution >= 4 is 16.2 Å². The molecule has 0 radical (unpaired) electrons. The van der Waals surface area contributed by atoms with Crippen LogP contribution in [0.25, 0.3) is 0 Å². The van der Waals surface area contributed by atoms with Gasteiger partial charge in [0.05, 0.1) is 0 Å². The van der Waals surface area contributed by atoms with E-state index >= 15 is 0 Å². The summed E-state index contributed by atoms with van der Waals surface area (Å²) >= 11 is 0. The first kappa shape index (κ1) is 18.3. The SMILES string of the molecule is CCCCC(NS(=O)(=O)N(CCC)CCC)C(=O)O. The van der Waals surface area contributed by atoms with Gasteiger partial charge in [-0.3, -0.25) is 4.79 Å². The number of hydrogen-bond donors (Lipinski definition) is 2. The van der Waals surface area contributed by atoms with Gasteiger partial charge in [0.2, 0.25) is 0 Å². The fourth-order valence-corrected chi connectivity index (χ4v) is 3.32. The topological polar surface area (TPSA) is 86.7 Å². The summed E-state index contributed by atoms with van der Waals surface area (Å²) in [5.74, 6) is -1.12. The maximum atomic E-state index is 12.1. The van der Waals surface area contributed by atoms with Crippen LogP contribution in [0.1, 0.15) is 52.9 Å². The molecule has 0 aliphatic carbocycles. The lowest BCUT2D eigenvalue weighted by Gasteiger charge is -2.23. The van der Waals surface area contributed by atoms with Gasteiger partial charge < -0.3 is 5.11 Å². The van der Waals surface area contributed by atoms with Crippen LogP contribution in [-0.2, 0) is 15.0 Å². The average molecular weight is 294 g/mol. The molecule has 0 aliphatic rings. The Morgan fingerprint density at radius 2 is 1.68 bits per heavy atom. The van der Waals surface area contributed by atoms with Crippen LogP contribution >= 0.6 is 0 Å². The van der Waals surface area contributed by atoms with Gasteiger partial charge in [0.1, 0.15) is 6.04 Å². The van der Waals surface area contributed by atoms with Crippen LogP contribution in [0.5, 0.6) is 0 Å². The molecule has 2 N–H and O–H groups in total. The molecule has 1 unspecified atom stereocenters. The Hall–Kier alpha value is -0.660. The predicted octanol–water partition coefficient (Wildman–Crippen LogP) is 1.59. The molecule has 0 aromatic carbocycles. The number of nitrogens with one attached hydrogen (secondary N) is 1. The number of carbonyl (C=O) groups is 1. The van der Waals surface area contributed by atoms with Crippen molar-refractivity contribution < 1.29 is 18.3 Å². The Morgan fingerprint density at radius 3 is 2.05 bits per heavy atom. The maximum absolute atomic E-state index is 12.1. The van der Waals surface area contributed by atoms with Crippen molar-refractivity contribution in [3.05, 3.63) is 0 Å². The van der Waals surface area contributed by atoms with Crippen molar-refractivity contribution in [1.29, 1.82) is 0 Å². The van der Waals surface area contributed by atoms with Crippen LogP contribution in [0.15, 0.2) is 0 Å². The molecule has 0 fully saturated rings. The van der Waals surface area contributed by atoms with Gasteiger partial charge in [0.25, 0.3) is 10.2 Å². The van der Waals surface area contributed by atoms with E-state index in [0.717, 1.165) is 6.42 Å². The lowest BCUT2D eigenvalue weighted by Crippen LogP contribution is -2.48.